The van der Waals surface area contributed by atoms with Crippen LogP contribution in [0.15, 0.2) is 0 Å². The zero-order chi connectivity index (χ0) is 13.5. The van der Waals surface area contributed by atoms with Crippen molar-refractivity contribution in [2.75, 3.05) is 28.0 Å². The van der Waals surface area contributed by atoms with E-state index in [1.807, 2.05) is 0 Å². The van der Waals surface area contributed by atoms with E-state index in [0.717, 1.165) is 12.1 Å². The van der Waals surface area contributed by atoms with Gasteiger partial charge in [0.05, 0.1) is 14.7 Å². The fraction of sp³-hybridized carbons (Fsp3) is 1.00. The van der Waals surface area contributed by atoms with E-state index in [9.17, 15) is 4.39 Å². The molecule has 0 aliphatic rings. The molecule has 0 amide bonds. The summed E-state index contributed by atoms with van der Waals surface area (Å²) in [4.78, 5) is 0. The summed E-state index contributed by atoms with van der Waals surface area (Å²) in [6.45, 7) is 6.43. The molecule has 6 heteroatoms. The Hall–Kier alpha value is 0.244. The minimum atomic E-state index is -2.49. The average Bonchev–Trinajstić information content (AvgIpc) is 2.32. The summed E-state index contributed by atoms with van der Waals surface area (Å²) in [7, 11) is 0.827. The van der Waals surface area contributed by atoms with Crippen molar-refractivity contribution >= 4 is 16.9 Å². The maximum atomic E-state index is 12.7. The first kappa shape index (κ1) is 17.2. The Labute approximate surface area is 107 Å². The third-order valence-electron chi connectivity index (χ3n) is 3.99. The van der Waals surface area contributed by atoms with Gasteiger partial charge in [0, 0.05) is 27.4 Å². The lowest BCUT2D eigenvalue weighted by Crippen LogP contribution is -2.46. The average molecular weight is 283 g/mol. The Balaban J connectivity index is 4.58. The molecule has 1 atom stereocenters. The van der Waals surface area contributed by atoms with Gasteiger partial charge in [0.25, 0.3) is 0 Å². The second kappa shape index (κ2) is 7.63. The standard InChI is InChI=1S/C11H27FO3Si2/c1-11(2)16(6,8-7-12)9-10-17(13-3,14-4)15-5/h11H,7-10H2,1-6H3. The molecule has 0 aliphatic heterocycles. The SMILES string of the molecule is CO[Si](CC[Si](C)(CCF)C(C)C)(OC)OC. The highest BCUT2D eigenvalue weighted by atomic mass is 28.4. The molecule has 1 unspecified atom stereocenters. The summed E-state index contributed by atoms with van der Waals surface area (Å²) < 4.78 is 28.9. The fourth-order valence-electron chi connectivity index (χ4n) is 1.91. The Kier molecular flexibility index (Phi) is 7.74. The number of halogens is 1. The van der Waals surface area contributed by atoms with Crippen LogP contribution >= 0.6 is 0 Å². The largest absolute Gasteiger partial charge is 0.499 e. The Bertz CT molecular complexity index is 205. The maximum absolute atomic E-state index is 12.7. The van der Waals surface area contributed by atoms with Crippen LogP contribution in [0.1, 0.15) is 13.8 Å². The van der Waals surface area contributed by atoms with Crippen LogP contribution in [0.4, 0.5) is 4.39 Å². The van der Waals surface area contributed by atoms with Crippen LogP contribution in [0.25, 0.3) is 0 Å². The van der Waals surface area contributed by atoms with Crippen LogP contribution in [-0.4, -0.2) is 44.9 Å². The molecular weight excluding hydrogens is 255 g/mol. The molecule has 0 saturated heterocycles. The van der Waals surface area contributed by atoms with Gasteiger partial charge >= 0.3 is 8.80 Å². The monoisotopic (exact) mass is 282 g/mol. The van der Waals surface area contributed by atoms with E-state index in [4.69, 9.17) is 13.3 Å². The van der Waals surface area contributed by atoms with Gasteiger partial charge in [-0.25, -0.2) is 0 Å². The first-order valence-corrected chi connectivity index (χ1v) is 11.0. The molecule has 0 saturated carbocycles. The third kappa shape index (κ3) is 4.79. The quantitative estimate of drug-likeness (QED) is 0.607. The molecule has 104 valence electrons. The van der Waals surface area contributed by atoms with Crippen LogP contribution in [0, 0.1) is 0 Å². The van der Waals surface area contributed by atoms with E-state index < -0.39 is 16.9 Å². The lowest BCUT2D eigenvalue weighted by atomic mass is 10.6. The van der Waals surface area contributed by atoms with E-state index in [-0.39, 0.29) is 6.67 Å². The summed E-state index contributed by atoms with van der Waals surface area (Å²) in [5.41, 5.74) is 0.565. The molecule has 0 heterocycles. The Morgan fingerprint density at radius 1 is 0.941 bits per heavy atom. The van der Waals surface area contributed by atoms with E-state index in [1.165, 1.54) is 0 Å². The third-order valence-corrected chi connectivity index (χ3v) is 12.7. The highest BCUT2D eigenvalue weighted by Gasteiger charge is 2.41. The molecule has 3 nitrogen and oxygen atoms in total. The van der Waals surface area contributed by atoms with Crippen molar-refractivity contribution in [2.45, 2.75) is 44.1 Å². The summed E-state index contributed by atoms with van der Waals surface area (Å²) in [5, 5.41) is 0. The van der Waals surface area contributed by atoms with Crippen LogP contribution in [0.2, 0.25) is 30.2 Å². The molecule has 0 aromatic heterocycles. The lowest BCUT2D eigenvalue weighted by Gasteiger charge is -2.34. The van der Waals surface area contributed by atoms with E-state index >= 15 is 0 Å². The van der Waals surface area contributed by atoms with E-state index in [2.05, 4.69) is 20.4 Å². The summed E-state index contributed by atoms with van der Waals surface area (Å²) in [5.74, 6) is 0. The van der Waals surface area contributed by atoms with Crippen molar-refractivity contribution in [3.05, 3.63) is 0 Å². The highest BCUT2D eigenvalue weighted by molar-refractivity contribution is 6.81. The number of rotatable bonds is 9. The number of hydrogen-bond donors (Lipinski definition) is 0. The van der Waals surface area contributed by atoms with Crippen LogP contribution in [0.5, 0.6) is 0 Å². The second-order valence-corrected chi connectivity index (χ2v) is 13.6. The fourth-order valence-corrected chi connectivity index (χ4v) is 8.37. The van der Waals surface area contributed by atoms with Crippen molar-refractivity contribution in [3.8, 4) is 0 Å². The smallest absolute Gasteiger partial charge is 0.377 e. The molecule has 0 aromatic rings. The van der Waals surface area contributed by atoms with E-state index in [1.54, 1.807) is 21.3 Å². The minimum absolute atomic E-state index is 0.220. The van der Waals surface area contributed by atoms with Crippen LogP contribution < -0.4 is 0 Å². The van der Waals surface area contributed by atoms with Crippen molar-refractivity contribution in [2.24, 2.45) is 0 Å². The molecular formula is C11H27FO3Si2. The van der Waals surface area contributed by atoms with Gasteiger partial charge in [0.2, 0.25) is 0 Å². The van der Waals surface area contributed by atoms with Gasteiger partial charge in [-0.1, -0.05) is 32.0 Å². The van der Waals surface area contributed by atoms with Crippen molar-refractivity contribution in [1.82, 2.24) is 0 Å². The van der Waals surface area contributed by atoms with Crippen LogP contribution in [0.3, 0.4) is 0 Å². The molecule has 0 aromatic carbocycles. The summed E-state index contributed by atoms with van der Waals surface area (Å²) >= 11 is 0. The molecule has 0 aliphatic carbocycles. The van der Waals surface area contributed by atoms with Gasteiger partial charge in [0.15, 0.2) is 0 Å². The Morgan fingerprint density at radius 3 is 1.71 bits per heavy atom. The van der Waals surface area contributed by atoms with Gasteiger partial charge in [-0.05, 0) is 6.04 Å². The topological polar surface area (TPSA) is 27.7 Å². The number of alkyl halides is 1. The zero-order valence-electron chi connectivity index (χ0n) is 12.0. The predicted molar refractivity (Wildman–Crippen MR) is 73.9 cm³/mol. The van der Waals surface area contributed by atoms with Gasteiger partial charge in [-0.15, -0.1) is 0 Å². The van der Waals surface area contributed by atoms with Gasteiger partial charge < -0.3 is 13.3 Å². The maximum Gasteiger partial charge on any atom is 0.499 e. The first-order chi connectivity index (χ1) is 7.89. The molecule has 0 bridgehead atoms. The van der Waals surface area contributed by atoms with Gasteiger partial charge in [0.1, 0.15) is 0 Å². The molecule has 0 fully saturated rings. The van der Waals surface area contributed by atoms with Crippen molar-refractivity contribution in [3.63, 3.8) is 0 Å². The summed E-state index contributed by atoms with van der Waals surface area (Å²) in [6.07, 6.45) is 0. The predicted octanol–water partition coefficient (Wildman–Crippen LogP) is 3.32. The zero-order valence-corrected chi connectivity index (χ0v) is 14.0. The lowest BCUT2D eigenvalue weighted by molar-refractivity contribution is 0.125. The highest BCUT2D eigenvalue weighted by Crippen LogP contribution is 2.33. The van der Waals surface area contributed by atoms with Gasteiger partial charge in [-0.3, -0.25) is 4.39 Å². The molecule has 17 heavy (non-hydrogen) atoms. The normalized spacial score (nSPS) is 16.2. The molecule has 0 rings (SSSR count). The minimum Gasteiger partial charge on any atom is -0.377 e. The van der Waals surface area contributed by atoms with Crippen LogP contribution in [-0.2, 0) is 13.3 Å². The molecule has 0 spiro atoms. The summed E-state index contributed by atoms with van der Waals surface area (Å²) in [6, 6.07) is 2.50. The second-order valence-electron chi connectivity index (χ2n) is 5.04. The molecule has 0 N–H and O–H groups in total. The first-order valence-electron chi connectivity index (χ1n) is 6.11. The van der Waals surface area contributed by atoms with E-state index in [0.29, 0.717) is 11.6 Å². The van der Waals surface area contributed by atoms with Gasteiger partial charge in [-0.2, -0.15) is 0 Å². The number of hydrogen-bond acceptors (Lipinski definition) is 3. The van der Waals surface area contributed by atoms with Crippen molar-refractivity contribution < 1.29 is 17.7 Å². The van der Waals surface area contributed by atoms with Crippen molar-refractivity contribution in [1.29, 1.82) is 0 Å². The Morgan fingerprint density at radius 2 is 1.41 bits per heavy atom. The molecule has 0 radical (unpaired) electrons.